The Morgan fingerprint density at radius 2 is 1.95 bits per heavy atom. The molecule has 0 radical (unpaired) electrons. The Kier molecular flexibility index (Phi) is 6.18. The molecule has 0 bridgehead atoms. The van der Waals surface area contributed by atoms with E-state index in [1.54, 1.807) is 9.80 Å². The fourth-order valence-corrected chi connectivity index (χ4v) is 2.91. The van der Waals surface area contributed by atoms with Crippen molar-refractivity contribution >= 4 is 17.8 Å². The van der Waals surface area contributed by atoms with Gasteiger partial charge in [-0.05, 0) is 12.8 Å². The minimum Gasteiger partial charge on any atom is -0.481 e. The second-order valence-corrected chi connectivity index (χ2v) is 5.91. The SMILES string of the molecule is O=C(O)CC1CN(C(=O)CN2CCCCCCC2=O)CCO1. The summed E-state index contributed by atoms with van der Waals surface area (Å²) in [5.41, 5.74) is 0. The third kappa shape index (κ3) is 4.98. The van der Waals surface area contributed by atoms with Gasteiger partial charge in [-0.3, -0.25) is 14.4 Å². The third-order valence-corrected chi connectivity index (χ3v) is 4.14. The van der Waals surface area contributed by atoms with E-state index in [2.05, 4.69) is 0 Å². The Labute approximate surface area is 130 Å². The highest BCUT2D eigenvalue weighted by Crippen LogP contribution is 2.13. The summed E-state index contributed by atoms with van der Waals surface area (Å²) in [7, 11) is 0. The zero-order valence-electron chi connectivity index (χ0n) is 12.8. The molecule has 1 N–H and O–H groups in total. The molecule has 22 heavy (non-hydrogen) atoms. The summed E-state index contributed by atoms with van der Waals surface area (Å²) < 4.78 is 5.36. The van der Waals surface area contributed by atoms with Crippen molar-refractivity contribution in [3.05, 3.63) is 0 Å². The molecule has 0 aromatic carbocycles. The summed E-state index contributed by atoms with van der Waals surface area (Å²) in [6.45, 7) is 1.81. The Hall–Kier alpha value is -1.63. The van der Waals surface area contributed by atoms with E-state index in [1.165, 1.54) is 0 Å². The van der Waals surface area contributed by atoms with E-state index in [0.717, 1.165) is 25.7 Å². The topological polar surface area (TPSA) is 87.2 Å². The van der Waals surface area contributed by atoms with Crippen molar-refractivity contribution in [2.45, 2.75) is 44.6 Å². The van der Waals surface area contributed by atoms with Gasteiger partial charge in [0.25, 0.3) is 0 Å². The molecule has 2 rings (SSSR count). The van der Waals surface area contributed by atoms with Gasteiger partial charge in [0.05, 0.1) is 25.7 Å². The number of hydrogen-bond acceptors (Lipinski definition) is 4. The quantitative estimate of drug-likeness (QED) is 0.816. The number of likely N-dealkylation sites (tertiary alicyclic amines) is 1. The van der Waals surface area contributed by atoms with Crippen LogP contribution in [0.5, 0.6) is 0 Å². The van der Waals surface area contributed by atoms with Gasteiger partial charge in [-0.25, -0.2) is 0 Å². The maximum absolute atomic E-state index is 12.4. The number of morpholine rings is 1. The van der Waals surface area contributed by atoms with Gasteiger partial charge in [0.1, 0.15) is 0 Å². The van der Waals surface area contributed by atoms with Gasteiger partial charge in [-0.15, -0.1) is 0 Å². The van der Waals surface area contributed by atoms with Crippen LogP contribution in [0.3, 0.4) is 0 Å². The average molecular weight is 312 g/mol. The molecule has 1 atom stereocenters. The molecule has 1 unspecified atom stereocenters. The monoisotopic (exact) mass is 312 g/mol. The number of hydrogen-bond donors (Lipinski definition) is 1. The molecule has 0 spiro atoms. The minimum absolute atomic E-state index is 0.0448. The maximum atomic E-state index is 12.4. The Bertz CT molecular complexity index is 426. The minimum atomic E-state index is -0.932. The fourth-order valence-electron chi connectivity index (χ4n) is 2.91. The second-order valence-electron chi connectivity index (χ2n) is 5.91. The molecule has 7 nitrogen and oxygen atoms in total. The zero-order chi connectivity index (χ0) is 15.9. The summed E-state index contributed by atoms with van der Waals surface area (Å²) in [5.74, 6) is -1.01. The predicted molar refractivity (Wildman–Crippen MR) is 78.2 cm³/mol. The van der Waals surface area contributed by atoms with Gasteiger partial charge in [0.15, 0.2) is 0 Å². The number of carboxylic acids is 1. The first kappa shape index (κ1) is 16.7. The first-order valence-electron chi connectivity index (χ1n) is 7.95. The second kappa shape index (κ2) is 8.12. The molecule has 2 aliphatic rings. The summed E-state index contributed by atoms with van der Waals surface area (Å²) >= 11 is 0. The van der Waals surface area contributed by atoms with Gasteiger partial charge in [0.2, 0.25) is 11.8 Å². The van der Waals surface area contributed by atoms with Crippen LogP contribution in [-0.4, -0.2) is 71.6 Å². The fraction of sp³-hybridized carbons (Fsp3) is 0.800. The van der Waals surface area contributed by atoms with Crippen molar-refractivity contribution in [3.63, 3.8) is 0 Å². The molecular formula is C15H24N2O5. The molecule has 0 saturated carbocycles. The summed E-state index contributed by atoms with van der Waals surface area (Å²) in [4.78, 5) is 38.4. The van der Waals surface area contributed by atoms with E-state index >= 15 is 0 Å². The first-order chi connectivity index (χ1) is 10.6. The van der Waals surface area contributed by atoms with Gasteiger partial charge >= 0.3 is 5.97 Å². The van der Waals surface area contributed by atoms with Crippen LogP contribution >= 0.6 is 0 Å². The van der Waals surface area contributed by atoms with Gasteiger partial charge in [-0.1, -0.05) is 12.8 Å². The first-order valence-corrected chi connectivity index (χ1v) is 7.95. The van der Waals surface area contributed by atoms with Crippen molar-refractivity contribution in [2.24, 2.45) is 0 Å². The van der Waals surface area contributed by atoms with Gasteiger partial charge in [-0.2, -0.15) is 0 Å². The largest absolute Gasteiger partial charge is 0.481 e. The van der Waals surface area contributed by atoms with Crippen LogP contribution in [0.4, 0.5) is 0 Å². The van der Waals surface area contributed by atoms with Crippen molar-refractivity contribution in [2.75, 3.05) is 32.8 Å². The van der Waals surface area contributed by atoms with Crippen molar-refractivity contribution in [3.8, 4) is 0 Å². The van der Waals surface area contributed by atoms with Crippen LogP contribution in [0.2, 0.25) is 0 Å². The van der Waals surface area contributed by atoms with Gasteiger partial charge in [0, 0.05) is 26.1 Å². The molecule has 7 heteroatoms. The smallest absolute Gasteiger partial charge is 0.306 e. The molecule has 2 heterocycles. The van der Waals surface area contributed by atoms with Crippen LogP contribution < -0.4 is 0 Å². The lowest BCUT2D eigenvalue weighted by atomic mass is 10.1. The Morgan fingerprint density at radius 1 is 1.18 bits per heavy atom. The highest BCUT2D eigenvalue weighted by Gasteiger charge is 2.28. The van der Waals surface area contributed by atoms with Crippen molar-refractivity contribution < 1.29 is 24.2 Å². The number of carboxylic acid groups (broad SMARTS) is 1. The van der Waals surface area contributed by atoms with E-state index in [4.69, 9.17) is 9.84 Å². The molecular weight excluding hydrogens is 288 g/mol. The van der Waals surface area contributed by atoms with E-state index < -0.39 is 12.1 Å². The highest BCUT2D eigenvalue weighted by atomic mass is 16.5. The molecule has 2 fully saturated rings. The summed E-state index contributed by atoms with van der Waals surface area (Å²) in [6.07, 6.45) is 3.94. The predicted octanol–water partition coefficient (Wildman–Crippen LogP) is 0.481. The molecule has 2 amide bonds. The van der Waals surface area contributed by atoms with Gasteiger partial charge < -0.3 is 19.6 Å². The average Bonchev–Trinajstić information content (AvgIpc) is 2.46. The number of rotatable bonds is 4. The summed E-state index contributed by atoms with van der Waals surface area (Å²) in [5, 5.41) is 8.81. The normalized spacial score (nSPS) is 23.8. The zero-order valence-corrected chi connectivity index (χ0v) is 12.8. The van der Waals surface area contributed by atoms with E-state index in [-0.39, 0.29) is 31.3 Å². The molecule has 2 aliphatic heterocycles. The standard InChI is InChI=1S/C15H24N2O5/c18-13-5-3-1-2-4-6-16(13)11-14(19)17-7-8-22-12(10-17)9-15(20)21/h12H,1-11H2,(H,20,21). The van der Waals surface area contributed by atoms with Crippen molar-refractivity contribution in [1.82, 2.24) is 9.80 Å². The summed E-state index contributed by atoms with van der Waals surface area (Å²) in [6, 6.07) is 0. The lowest BCUT2D eigenvalue weighted by Gasteiger charge is -2.34. The molecule has 124 valence electrons. The van der Waals surface area contributed by atoms with E-state index in [1.807, 2.05) is 0 Å². The maximum Gasteiger partial charge on any atom is 0.306 e. The van der Waals surface area contributed by atoms with E-state index in [0.29, 0.717) is 26.1 Å². The third-order valence-electron chi connectivity index (χ3n) is 4.14. The van der Waals surface area contributed by atoms with Crippen LogP contribution in [-0.2, 0) is 19.1 Å². The van der Waals surface area contributed by atoms with E-state index in [9.17, 15) is 14.4 Å². The lowest BCUT2D eigenvalue weighted by molar-refractivity contribution is -0.149. The van der Waals surface area contributed by atoms with Crippen LogP contribution in [0.15, 0.2) is 0 Å². The van der Waals surface area contributed by atoms with Crippen LogP contribution in [0.1, 0.15) is 38.5 Å². The molecule has 2 saturated heterocycles. The van der Waals surface area contributed by atoms with Crippen LogP contribution in [0.25, 0.3) is 0 Å². The molecule has 0 aromatic heterocycles. The number of carbonyl (C=O) groups is 3. The lowest BCUT2D eigenvalue weighted by Crippen LogP contribution is -2.50. The van der Waals surface area contributed by atoms with Crippen molar-refractivity contribution in [1.29, 1.82) is 0 Å². The molecule has 0 aromatic rings. The highest BCUT2D eigenvalue weighted by molar-refractivity contribution is 5.85. The Morgan fingerprint density at radius 3 is 2.73 bits per heavy atom. The number of ether oxygens (including phenoxy) is 1. The van der Waals surface area contributed by atoms with Crippen LogP contribution in [0, 0.1) is 0 Å². The number of carbonyl (C=O) groups excluding carboxylic acids is 2. The number of aliphatic carboxylic acids is 1. The number of nitrogens with zero attached hydrogens (tertiary/aromatic N) is 2. The molecule has 0 aliphatic carbocycles. The number of amides is 2. The Balaban J connectivity index is 1.87.